The molecule has 0 N–H and O–H groups in total. The number of benzene rings is 1. The van der Waals surface area contributed by atoms with E-state index in [0.29, 0.717) is 23.8 Å². The first-order valence-electron chi connectivity index (χ1n) is 11.3. The van der Waals surface area contributed by atoms with E-state index in [-0.39, 0.29) is 17.9 Å². The molecule has 0 aliphatic carbocycles. The van der Waals surface area contributed by atoms with E-state index in [0.717, 1.165) is 43.7 Å². The normalized spacial score (nSPS) is 21.1. The molecule has 0 spiro atoms. The van der Waals surface area contributed by atoms with Gasteiger partial charge >= 0.3 is 0 Å². The summed E-state index contributed by atoms with van der Waals surface area (Å²) in [6, 6.07) is 15.4. The van der Waals surface area contributed by atoms with E-state index >= 15 is 0 Å². The first-order valence-corrected chi connectivity index (χ1v) is 11.3. The lowest BCUT2D eigenvalue weighted by Gasteiger charge is -2.24. The highest BCUT2D eigenvalue weighted by atomic mass is 16.2. The summed E-state index contributed by atoms with van der Waals surface area (Å²) >= 11 is 0. The van der Waals surface area contributed by atoms with Crippen molar-refractivity contribution in [1.29, 1.82) is 0 Å². The average Bonchev–Trinajstić information content (AvgIpc) is 3.57. The molecule has 32 heavy (non-hydrogen) atoms. The number of nitrogens with zero attached hydrogens (tertiary/aromatic N) is 5. The van der Waals surface area contributed by atoms with Gasteiger partial charge < -0.3 is 19.1 Å². The van der Waals surface area contributed by atoms with Crippen LogP contribution in [0.4, 0.5) is 0 Å². The Morgan fingerprint density at radius 1 is 0.969 bits per heavy atom. The Balaban J connectivity index is 1.49. The maximum absolute atomic E-state index is 13.4. The fourth-order valence-electron chi connectivity index (χ4n) is 4.98. The number of imidazole rings is 1. The third-order valence-corrected chi connectivity index (χ3v) is 6.79. The van der Waals surface area contributed by atoms with Gasteiger partial charge in [-0.25, -0.2) is 4.98 Å². The summed E-state index contributed by atoms with van der Waals surface area (Å²) in [5.41, 5.74) is 1.97. The van der Waals surface area contributed by atoms with Crippen LogP contribution in [-0.2, 0) is 0 Å². The van der Waals surface area contributed by atoms with Crippen molar-refractivity contribution in [2.45, 2.75) is 31.3 Å². The molecule has 0 unspecified atom stereocenters. The van der Waals surface area contributed by atoms with Crippen molar-refractivity contribution < 1.29 is 9.59 Å². The van der Waals surface area contributed by atoms with Crippen LogP contribution < -0.4 is 0 Å². The number of pyridine rings is 1. The summed E-state index contributed by atoms with van der Waals surface area (Å²) in [5.74, 6) is 0.763. The Bertz CT molecular complexity index is 1140. The number of hydrogen-bond donors (Lipinski definition) is 0. The zero-order valence-electron chi connectivity index (χ0n) is 18.6. The fraction of sp³-hybridized carbons (Fsp3) is 0.400. The van der Waals surface area contributed by atoms with Gasteiger partial charge in [-0.3, -0.25) is 9.59 Å². The molecule has 5 rings (SSSR count). The third kappa shape index (κ3) is 3.56. The highest BCUT2D eigenvalue weighted by Gasteiger charge is 2.36. The molecule has 2 aliphatic heterocycles. The van der Waals surface area contributed by atoms with E-state index < -0.39 is 0 Å². The minimum Gasteiger partial charge on any atom is -0.336 e. The Kier molecular flexibility index (Phi) is 5.43. The van der Waals surface area contributed by atoms with Crippen LogP contribution in [0.3, 0.4) is 0 Å². The highest BCUT2D eigenvalue weighted by molar-refractivity contribution is 5.99. The molecule has 7 heteroatoms. The van der Waals surface area contributed by atoms with Crippen molar-refractivity contribution in [1.82, 2.24) is 24.1 Å². The van der Waals surface area contributed by atoms with E-state index in [4.69, 9.17) is 4.98 Å². The third-order valence-electron chi connectivity index (χ3n) is 6.79. The molecule has 3 aromatic rings. The molecule has 2 aromatic heterocycles. The summed E-state index contributed by atoms with van der Waals surface area (Å²) in [6.07, 6.45) is 4.68. The Hall–Kier alpha value is -3.19. The summed E-state index contributed by atoms with van der Waals surface area (Å²) in [5, 5.41) is 0. The second kappa shape index (κ2) is 8.39. The first kappa shape index (κ1) is 20.7. The van der Waals surface area contributed by atoms with Gasteiger partial charge in [0.25, 0.3) is 11.8 Å². The van der Waals surface area contributed by atoms with Gasteiger partial charge in [0.05, 0.1) is 11.6 Å². The minimum absolute atomic E-state index is 0.0158. The van der Waals surface area contributed by atoms with Crippen LogP contribution in [0.1, 0.15) is 52.0 Å². The Morgan fingerprint density at radius 2 is 1.75 bits per heavy atom. The lowest BCUT2D eigenvalue weighted by Crippen LogP contribution is -2.34. The van der Waals surface area contributed by atoms with Crippen LogP contribution in [-0.4, -0.2) is 75.7 Å². The molecule has 4 heterocycles. The van der Waals surface area contributed by atoms with Crippen molar-refractivity contribution in [3.05, 3.63) is 71.8 Å². The average molecular weight is 432 g/mol. The van der Waals surface area contributed by atoms with E-state index in [2.05, 4.69) is 19.0 Å². The van der Waals surface area contributed by atoms with E-state index in [1.54, 1.807) is 0 Å². The largest absolute Gasteiger partial charge is 0.336 e. The van der Waals surface area contributed by atoms with Crippen LogP contribution in [0.15, 0.2) is 54.7 Å². The lowest BCUT2D eigenvalue weighted by atomic mass is 10.1. The number of fused-ring (bicyclic) bond motifs is 1. The van der Waals surface area contributed by atoms with E-state index in [9.17, 15) is 9.59 Å². The maximum Gasteiger partial charge on any atom is 0.274 e. The molecule has 7 nitrogen and oxygen atoms in total. The molecule has 2 fully saturated rings. The molecule has 2 aliphatic rings. The SMILES string of the molecule is CN(C)[C@H]1CCN(C(=O)c2nc([C@@H]3CCCN3C(=O)c3ccccc3)n3ccccc23)C1. The molecule has 0 saturated carbocycles. The van der Waals surface area contributed by atoms with Gasteiger partial charge in [-0.2, -0.15) is 0 Å². The zero-order valence-corrected chi connectivity index (χ0v) is 18.6. The van der Waals surface area contributed by atoms with Crippen LogP contribution in [0, 0.1) is 0 Å². The number of aromatic nitrogens is 2. The molecule has 0 bridgehead atoms. The molecule has 2 atom stereocenters. The number of likely N-dealkylation sites (tertiary alicyclic amines) is 2. The van der Waals surface area contributed by atoms with Crippen molar-refractivity contribution in [2.75, 3.05) is 33.7 Å². The summed E-state index contributed by atoms with van der Waals surface area (Å²) in [4.78, 5) is 37.5. The molecule has 166 valence electrons. The molecular weight excluding hydrogens is 402 g/mol. The fourth-order valence-corrected chi connectivity index (χ4v) is 4.98. The topological polar surface area (TPSA) is 61.2 Å². The monoisotopic (exact) mass is 431 g/mol. The smallest absolute Gasteiger partial charge is 0.274 e. The molecular formula is C25H29N5O2. The number of carbonyl (C=O) groups is 2. The van der Waals surface area contributed by atoms with Crippen LogP contribution >= 0.6 is 0 Å². The maximum atomic E-state index is 13.4. The number of likely N-dealkylation sites (N-methyl/N-ethyl adjacent to an activating group) is 1. The van der Waals surface area contributed by atoms with Crippen molar-refractivity contribution >= 4 is 17.3 Å². The Morgan fingerprint density at radius 3 is 2.50 bits per heavy atom. The summed E-state index contributed by atoms with van der Waals surface area (Å²) in [7, 11) is 4.11. The predicted molar refractivity (Wildman–Crippen MR) is 123 cm³/mol. The zero-order chi connectivity index (χ0) is 22.2. The molecule has 2 saturated heterocycles. The molecule has 1 aromatic carbocycles. The predicted octanol–water partition coefficient (Wildman–Crippen LogP) is 3.09. The second-order valence-corrected chi connectivity index (χ2v) is 8.95. The second-order valence-electron chi connectivity index (χ2n) is 8.95. The highest BCUT2D eigenvalue weighted by Crippen LogP contribution is 2.34. The van der Waals surface area contributed by atoms with Crippen molar-refractivity contribution in [2.24, 2.45) is 0 Å². The number of carbonyl (C=O) groups excluding carboxylic acids is 2. The summed E-state index contributed by atoms with van der Waals surface area (Å²) in [6.45, 7) is 2.15. The quantitative estimate of drug-likeness (QED) is 0.637. The van der Waals surface area contributed by atoms with Crippen molar-refractivity contribution in [3.8, 4) is 0 Å². The minimum atomic E-state index is -0.146. The van der Waals surface area contributed by atoms with E-state index in [1.807, 2.05) is 68.9 Å². The van der Waals surface area contributed by atoms with Gasteiger partial charge in [0, 0.05) is 37.4 Å². The van der Waals surface area contributed by atoms with Gasteiger partial charge in [-0.05, 0) is 57.6 Å². The van der Waals surface area contributed by atoms with Gasteiger partial charge in [0.2, 0.25) is 0 Å². The number of amides is 2. The lowest BCUT2D eigenvalue weighted by molar-refractivity contribution is 0.0729. The number of hydrogen-bond acceptors (Lipinski definition) is 4. The molecule has 0 radical (unpaired) electrons. The van der Waals surface area contributed by atoms with Crippen LogP contribution in [0.2, 0.25) is 0 Å². The van der Waals surface area contributed by atoms with E-state index in [1.165, 1.54) is 0 Å². The van der Waals surface area contributed by atoms with Crippen molar-refractivity contribution in [3.63, 3.8) is 0 Å². The van der Waals surface area contributed by atoms with Gasteiger partial charge in [0.1, 0.15) is 5.82 Å². The first-order chi connectivity index (χ1) is 15.5. The van der Waals surface area contributed by atoms with Crippen LogP contribution in [0.5, 0.6) is 0 Å². The van der Waals surface area contributed by atoms with Gasteiger partial charge in [0.15, 0.2) is 5.69 Å². The van der Waals surface area contributed by atoms with Gasteiger partial charge in [-0.1, -0.05) is 24.3 Å². The molecule has 2 amide bonds. The van der Waals surface area contributed by atoms with Gasteiger partial charge in [-0.15, -0.1) is 0 Å². The standard InChI is InChI=1S/C25H29N5O2/c1-27(2)19-13-16-28(17-19)25(32)22-20-11-6-7-14-29(20)23(26-22)21-12-8-15-30(21)24(31)18-9-4-3-5-10-18/h3-7,9-11,14,19,21H,8,12-13,15-17H2,1-2H3/t19-,21-/m0/s1. The number of rotatable bonds is 4. The summed E-state index contributed by atoms with van der Waals surface area (Å²) < 4.78 is 1.99. The Labute approximate surface area is 188 Å². The van der Waals surface area contributed by atoms with Crippen LogP contribution in [0.25, 0.3) is 5.52 Å².